The van der Waals surface area contributed by atoms with E-state index in [2.05, 4.69) is 4.99 Å². The highest BCUT2D eigenvalue weighted by Crippen LogP contribution is 2.18. The van der Waals surface area contributed by atoms with Gasteiger partial charge < -0.3 is 5.11 Å². The van der Waals surface area contributed by atoms with E-state index < -0.39 is 5.82 Å². The maximum absolute atomic E-state index is 13.0. The van der Waals surface area contributed by atoms with Crippen LogP contribution in [0.2, 0.25) is 0 Å². The number of dihydropyridines is 1. The highest BCUT2D eigenvalue weighted by Gasteiger charge is 2.07. The average molecular weight is 191 g/mol. The van der Waals surface area contributed by atoms with E-state index in [1.165, 1.54) is 12.1 Å². The zero-order valence-corrected chi connectivity index (χ0v) is 7.57. The first kappa shape index (κ1) is 8.94. The maximum Gasteiger partial charge on any atom is 0.165 e. The van der Waals surface area contributed by atoms with Gasteiger partial charge in [0.2, 0.25) is 0 Å². The lowest BCUT2D eigenvalue weighted by Crippen LogP contribution is -2.04. The van der Waals surface area contributed by atoms with Crippen molar-refractivity contribution in [3.8, 4) is 5.75 Å². The predicted octanol–water partition coefficient (Wildman–Crippen LogP) is 2.28. The van der Waals surface area contributed by atoms with Crippen molar-refractivity contribution in [2.24, 2.45) is 4.99 Å². The number of aromatic hydroxyl groups is 1. The first-order chi connectivity index (χ1) is 6.77. The number of hydrogen-bond donors (Lipinski definition) is 1. The summed E-state index contributed by atoms with van der Waals surface area (Å²) in [6.45, 7) is 0.651. The van der Waals surface area contributed by atoms with Crippen LogP contribution in [0.3, 0.4) is 0 Å². The molecule has 0 unspecified atom stereocenters. The van der Waals surface area contributed by atoms with E-state index in [-0.39, 0.29) is 5.75 Å². The highest BCUT2D eigenvalue weighted by molar-refractivity contribution is 6.02. The number of halogens is 1. The molecule has 0 aromatic heterocycles. The lowest BCUT2D eigenvalue weighted by molar-refractivity contribution is 0.432. The number of nitrogens with zero attached hydrogens (tertiary/aromatic N) is 1. The monoisotopic (exact) mass is 191 g/mol. The molecule has 0 aliphatic carbocycles. The minimum absolute atomic E-state index is 0.319. The molecule has 0 bridgehead atoms. The van der Waals surface area contributed by atoms with Crippen LogP contribution >= 0.6 is 0 Å². The molecule has 2 nitrogen and oxygen atoms in total. The Morgan fingerprint density at radius 2 is 2.14 bits per heavy atom. The maximum atomic E-state index is 13.0. The molecule has 0 atom stereocenters. The molecule has 14 heavy (non-hydrogen) atoms. The van der Waals surface area contributed by atoms with Crippen LogP contribution in [0.1, 0.15) is 12.0 Å². The fourth-order valence-corrected chi connectivity index (χ4v) is 1.39. The summed E-state index contributed by atoms with van der Waals surface area (Å²) in [6.07, 6.45) is 4.71. The molecule has 1 aromatic carbocycles. The van der Waals surface area contributed by atoms with Crippen LogP contribution in [-0.2, 0) is 0 Å². The number of aliphatic imine (C=N–C) groups is 1. The standard InChI is InChI=1S/C11H10FNO/c12-9-7-8(4-5-11(9)14)10-3-1-2-6-13-10/h1-2,4-5,7,14H,3,6H2. The second-order valence-corrected chi connectivity index (χ2v) is 3.13. The van der Waals surface area contributed by atoms with Crippen LogP contribution in [-0.4, -0.2) is 17.4 Å². The SMILES string of the molecule is Oc1ccc(C2=NCC=CC2)cc1F. The van der Waals surface area contributed by atoms with Crippen LogP contribution in [0.5, 0.6) is 5.75 Å². The third kappa shape index (κ3) is 1.66. The van der Waals surface area contributed by atoms with Gasteiger partial charge in [0, 0.05) is 12.1 Å². The number of phenols is 1. The molecular weight excluding hydrogens is 181 g/mol. The first-order valence-electron chi connectivity index (χ1n) is 4.44. The van der Waals surface area contributed by atoms with Gasteiger partial charge in [0.15, 0.2) is 11.6 Å². The van der Waals surface area contributed by atoms with Gasteiger partial charge in [-0.15, -0.1) is 0 Å². The molecule has 1 heterocycles. The number of rotatable bonds is 1. The lowest BCUT2D eigenvalue weighted by Gasteiger charge is -2.07. The van der Waals surface area contributed by atoms with Crippen molar-refractivity contribution in [2.75, 3.05) is 6.54 Å². The molecule has 1 aromatic rings. The van der Waals surface area contributed by atoms with Gasteiger partial charge in [0.25, 0.3) is 0 Å². The second kappa shape index (κ2) is 3.62. The van der Waals surface area contributed by atoms with Crippen molar-refractivity contribution in [2.45, 2.75) is 6.42 Å². The van der Waals surface area contributed by atoms with E-state index in [0.29, 0.717) is 6.54 Å². The Kier molecular flexibility index (Phi) is 2.31. The number of allylic oxidation sites excluding steroid dienone is 1. The molecule has 72 valence electrons. The molecule has 0 saturated heterocycles. The van der Waals surface area contributed by atoms with E-state index in [0.717, 1.165) is 17.7 Å². The number of phenolic OH excluding ortho intramolecular Hbond substituents is 1. The Labute approximate surface area is 81.4 Å². The Morgan fingerprint density at radius 3 is 2.79 bits per heavy atom. The van der Waals surface area contributed by atoms with Crippen molar-refractivity contribution in [3.05, 3.63) is 41.7 Å². The van der Waals surface area contributed by atoms with Crippen LogP contribution < -0.4 is 0 Å². The molecule has 0 amide bonds. The first-order valence-corrected chi connectivity index (χ1v) is 4.44. The molecule has 3 heteroatoms. The van der Waals surface area contributed by atoms with Gasteiger partial charge in [-0.25, -0.2) is 4.39 Å². The third-order valence-corrected chi connectivity index (χ3v) is 2.15. The molecular formula is C11H10FNO. The van der Waals surface area contributed by atoms with E-state index in [9.17, 15) is 4.39 Å². The zero-order valence-electron chi connectivity index (χ0n) is 7.57. The number of hydrogen-bond acceptors (Lipinski definition) is 2. The minimum Gasteiger partial charge on any atom is -0.505 e. The fraction of sp³-hybridized carbons (Fsp3) is 0.182. The van der Waals surface area contributed by atoms with Gasteiger partial charge in [-0.2, -0.15) is 0 Å². The summed E-state index contributed by atoms with van der Waals surface area (Å²) in [7, 11) is 0. The van der Waals surface area contributed by atoms with Gasteiger partial charge in [0.1, 0.15) is 0 Å². The van der Waals surface area contributed by atoms with Gasteiger partial charge >= 0.3 is 0 Å². The summed E-state index contributed by atoms with van der Waals surface area (Å²) in [6, 6.07) is 4.34. The number of benzene rings is 1. The Morgan fingerprint density at radius 1 is 1.29 bits per heavy atom. The summed E-state index contributed by atoms with van der Waals surface area (Å²) in [5.41, 5.74) is 1.61. The molecule has 1 aliphatic rings. The summed E-state index contributed by atoms with van der Waals surface area (Å²) < 4.78 is 13.0. The van der Waals surface area contributed by atoms with Crippen molar-refractivity contribution >= 4 is 5.71 Å². The van der Waals surface area contributed by atoms with E-state index in [1.807, 2.05) is 12.2 Å². The average Bonchev–Trinajstić information content (AvgIpc) is 2.23. The molecule has 0 radical (unpaired) electrons. The normalized spacial score (nSPS) is 15.4. The van der Waals surface area contributed by atoms with Crippen molar-refractivity contribution in [1.82, 2.24) is 0 Å². The van der Waals surface area contributed by atoms with Crippen molar-refractivity contribution < 1.29 is 9.50 Å². The predicted molar refractivity (Wildman–Crippen MR) is 53.2 cm³/mol. The fourth-order valence-electron chi connectivity index (χ4n) is 1.39. The van der Waals surface area contributed by atoms with Gasteiger partial charge in [-0.3, -0.25) is 4.99 Å². The molecule has 0 fully saturated rings. The summed E-state index contributed by atoms with van der Waals surface area (Å²) in [5, 5.41) is 9.01. The summed E-state index contributed by atoms with van der Waals surface area (Å²) in [4.78, 5) is 4.25. The molecule has 2 rings (SSSR count). The van der Waals surface area contributed by atoms with Crippen LogP contribution in [0.25, 0.3) is 0 Å². The zero-order chi connectivity index (χ0) is 9.97. The Bertz CT molecular complexity index is 410. The van der Waals surface area contributed by atoms with E-state index in [1.54, 1.807) is 6.07 Å². The smallest absolute Gasteiger partial charge is 0.165 e. The molecule has 1 aliphatic heterocycles. The van der Waals surface area contributed by atoms with Crippen LogP contribution in [0, 0.1) is 5.82 Å². The van der Waals surface area contributed by atoms with Crippen LogP contribution in [0.4, 0.5) is 4.39 Å². The van der Waals surface area contributed by atoms with Crippen molar-refractivity contribution in [3.63, 3.8) is 0 Å². The third-order valence-electron chi connectivity index (χ3n) is 2.15. The second-order valence-electron chi connectivity index (χ2n) is 3.13. The summed E-state index contributed by atoms with van der Waals surface area (Å²) in [5.74, 6) is -0.916. The highest BCUT2D eigenvalue weighted by atomic mass is 19.1. The van der Waals surface area contributed by atoms with Gasteiger partial charge in [-0.05, 0) is 23.8 Å². The van der Waals surface area contributed by atoms with E-state index in [4.69, 9.17) is 5.11 Å². The minimum atomic E-state index is -0.597. The van der Waals surface area contributed by atoms with Gasteiger partial charge in [-0.1, -0.05) is 12.2 Å². The molecule has 0 spiro atoms. The molecule has 0 saturated carbocycles. The Hall–Kier alpha value is -1.64. The Balaban J connectivity index is 2.33. The molecule has 1 N–H and O–H groups in total. The van der Waals surface area contributed by atoms with Gasteiger partial charge in [0.05, 0.1) is 6.54 Å². The summed E-state index contributed by atoms with van der Waals surface area (Å²) >= 11 is 0. The lowest BCUT2D eigenvalue weighted by atomic mass is 10.1. The van der Waals surface area contributed by atoms with Crippen LogP contribution in [0.15, 0.2) is 35.3 Å². The quantitative estimate of drug-likeness (QED) is 0.678. The largest absolute Gasteiger partial charge is 0.505 e. The topological polar surface area (TPSA) is 32.6 Å². The van der Waals surface area contributed by atoms with E-state index >= 15 is 0 Å². The van der Waals surface area contributed by atoms with Crippen molar-refractivity contribution in [1.29, 1.82) is 0 Å².